The van der Waals surface area contributed by atoms with Gasteiger partial charge in [0, 0.05) is 18.0 Å². The zero-order valence-corrected chi connectivity index (χ0v) is 8.67. The molecule has 0 aliphatic carbocycles. The Kier molecular flexibility index (Phi) is 3.28. The van der Waals surface area contributed by atoms with Crippen molar-refractivity contribution in [2.24, 2.45) is 0 Å². The number of ether oxygens (including phenoxy) is 1. The van der Waals surface area contributed by atoms with E-state index in [2.05, 4.69) is 4.98 Å². The van der Waals surface area contributed by atoms with E-state index >= 15 is 0 Å². The summed E-state index contributed by atoms with van der Waals surface area (Å²) in [6, 6.07) is 10.9. The molecule has 0 N–H and O–H groups in total. The van der Waals surface area contributed by atoms with Gasteiger partial charge < -0.3 is 4.74 Å². The van der Waals surface area contributed by atoms with Crippen LogP contribution in [0.4, 0.5) is 0 Å². The minimum absolute atomic E-state index is 0.450. The van der Waals surface area contributed by atoms with Gasteiger partial charge in [-0.15, -0.1) is 0 Å². The van der Waals surface area contributed by atoms with Crippen molar-refractivity contribution < 1.29 is 9.53 Å². The van der Waals surface area contributed by atoms with Crippen molar-refractivity contribution in [2.45, 2.75) is 6.61 Å². The number of hydrogen-bond donors (Lipinski definition) is 0. The molecule has 3 heteroatoms. The van der Waals surface area contributed by atoms with Crippen LogP contribution in [-0.4, -0.2) is 11.3 Å². The SMILES string of the molecule is O=Cc1cccc(COc2ccncc2)c1. The minimum Gasteiger partial charge on any atom is -0.489 e. The van der Waals surface area contributed by atoms with Crippen LogP contribution < -0.4 is 4.74 Å². The van der Waals surface area contributed by atoms with E-state index in [1.165, 1.54) is 0 Å². The molecule has 0 bridgehead atoms. The number of nitrogens with zero attached hydrogens (tertiary/aromatic N) is 1. The fraction of sp³-hybridized carbons (Fsp3) is 0.0769. The van der Waals surface area contributed by atoms with Crippen molar-refractivity contribution in [3.63, 3.8) is 0 Å². The Bertz CT molecular complexity index is 468. The van der Waals surface area contributed by atoms with Crippen LogP contribution in [0.2, 0.25) is 0 Å². The highest BCUT2D eigenvalue weighted by Crippen LogP contribution is 2.11. The average Bonchev–Trinajstić information content (AvgIpc) is 2.38. The molecular formula is C13H11NO2. The molecule has 3 nitrogen and oxygen atoms in total. The molecule has 0 radical (unpaired) electrons. The second-order valence-corrected chi connectivity index (χ2v) is 3.33. The van der Waals surface area contributed by atoms with Crippen LogP contribution in [0.1, 0.15) is 15.9 Å². The standard InChI is InChI=1S/C13H11NO2/c15-9-11-2-1-3-12(8-11)10-16-13-4-6-14-7-5-13/h1-9H,10H2. The highest BCUT2D eigenvalue weighted by molar-refractivity contribution is 5.74. The van der Waals surface area contributed by atoms with Crippen molar-refractivity contribution in [1.29, 1.82) is 0 Å². The van der Waals surface area contributed by atoms with E-state index in [1.54, 1.807) is 30.6 Å². The molecule has 0 amide bonds. The van der Waals surface area contributed by atoms with Gasteiger partial charge >= 0.3 is 0 Å². The van der Waals surface area contributed by atoms with E-state index in [9.17, 15) is 4.79 Å². The predicted molar refractivity (Wildman–Crippen MR) is 60.4 cm³/mol. The summed E-state index contributed by atoms with van der Waals surface area (Å²) in [7, 11) is 0. The van der Waals surface area contributed by atoms with Crippen LogP contribution in [0, 0.1) is 0 Å². The summed E-state index contributed by atoms with van der Waals surface area (Å²) in [5, 5.41) is 0. The summed E-state index contributed by atoms with van der Waals surface area (Å²) >= 11 is 0. The van der Waals surface area contributed by atoms with Gasteiger partial charge in [0.25, 0.3) is 0 Å². The largest absolute Gasteiger partial charge is 0.489 e. The molecule has 0 unspecified atom stereocenters. The molecule has 0 spiro atoms. The first-order chi connectivity index (χ1) is 7.88. The summed E-state index contributed by atoms with van der Waals surface area (Å²) in [5.74, 6) is 0.770. The lowest BCUT2D eigenvalue weighted by Gasteiger charge is -2.05. The van der Waals surface area contributed by atoms with Crippen LogP contribution in [0.15, 0.2) is 48.8 Å². The van der Waals surface area contributed by atoms with Gasteiger partial charge in [0.2, 0.25) is 0 Å². The number of hydrogen-bond acceptors (Lipinski definition) is 3. The Hall–Kier alpha value is -2.16. The average molecular weight is 213 g/mol. The quantitative estimate of drug-likeness (QED) is 0.732. The van der Waals surface area contributed by atoms with Gasteiger partial charge in [-0.05, 0) is 23.8 Å². The molecule has 1 aromatic heterocycles. The molecule has 0 fully saturated rings. The first-order valence-electron chi connectivity index (χ1n) is 4.95. The molecule has 1 heterocycles. The van der Waals surface area contributed by atoms with Gasteiger partial charge in [0.15, 0.2) is 0 Å². The molecule has 0 aliphatic heterocycles. The Morgan fingerprint density at radius 3 is 2.75 bits per heavy atom. The van der Waals surface area contributed by atoms with E-state index in [1.807, 2.05) is 18.2 Å². The van der Waals surface area contributed by atoms with Crippen molar-refractivity contribution in [3.8, 4) is 5.75 Å². The third-order valence-electron chi connectivity index (χ3n) is 2.14. The number of aromatic nitrogens is 1. The van der Waals surface area contributed by atoms with Crippen LogP contribution in [0.5, 0.6) is 5.75 Å². The molecule has 2 rings (SSSR count). The van der Waals surface area contributed by atoms with Gasteiger partial charge in [-0.2, -0.15) is 0 Å². The van der Waals surface area contributed by atoms with Gasteiger partial charge in [-0.3, -0.25) is 9.78 Å². The molecule has 0 saturated heterocycles. The minimum atomic E-state index is 0.450. The number of aldehydes is 1. The normalized spacial score (nSPS) is 9.75. The molecule has 2 aromatic rings. The van der Waals surface area contributed by atoms with Gasteiger partial charge in [-0.1, -0.05) is 18.2 Å². The van der Waals surface area contributed by atoms with E-state index in [-0.39, 0.29) is 0 Å². The van der Waals surface area contributed by atoms with Crippen LogP contribution in [-0.2, 0) is 6.61 Å². The van der Waals surface area contributed by atoms with Crippen LogP contribution in [0.3, 0.4) is 0 Å². The van der Waals surface area contributed by atoms with Crippen molar-refractivity contribution in [3.05, 3.63) is 59.9 Å². The third-order valence-corrected chi connectivity index (χ3v) is 2.14. The van der Waals surface area contributed by atoms with Crippen molar-refractivity contribution in [1.82, 2.24) is 4.98 Å². The first-order valence-corrected chi connectivity index (χ1v) is 4.95. The number of carbonyl (C=O) groups is 1. The smallest absolute Gasteiger partial charge is 0.150 e. The maximum atomic E-state index is 10.6. The lowest BCUT2D eigenvalue weighted by atomic mass is 10.1. The number of benzene rings is 1. The van der Waals surface area contributed by atoms with Crippen molar-refractivity contribution >= 4 is 6.29 Å². The van der Waals surface area contributed by atoms with E-state index in [0.29, 0.717) is 12.2 Å². The summed E-state index contributed by atoms with van der Waals surface area (Å²) < 4.78 is 5.54. The second-order valence-electron chi connectivity index (χ2n) is 3.33. The topological polar surface area (TPSA) is 39.2 Å². The highest BCUT2D eigenvalue weighted by atomic mass is 16.5. The molecule has 80 valence electrons. The van der Waals surface area contributed by atoms with Gasteiger partial charge in [0.1, 0.15) is 18.6 Å². The second kappa shape index (κ2) is 5.07. The summed E-state index contributed by atoms with van der Waals surface area (Å²) in [6.45, 7) is 0.450. The summed E-state index contributed by atoms with van der Waals surface area (Å²) in [4.78, 5) is 14.5. The lowest BCUT2D eigenvalue weighted by Crippen LogP contribution is -1.96. The maximum Gasteiger partial charge on any atom is 0.150 e. The third kappa shape index (κ3) is 2.67. The van der Waals surface area contributed by atoms with Crippen LogP contribution in [0.25, 0.3) is 0 Å². The number of carbonyl (C=O) groups excluding carboxylic acids is 1. The fourth-order valence-electron chi connectivity index (χ4n) is 1.36. The molecule has 0 aliphatic rings. The monoisotopic (exact) mass is 213 g/mol. The Morgan fingerprint density at radius 2 is 2.00 bits per heavy atom. The molecule has 0 saturated carbocycles. The summed E-state index contributed by atoms with van der Waals surface area (Å²) in [5.41, 5.74) is 1.64. The summed E-state index contributed by atoms with van der Waals surface area (Å²) in [6.07, 6.45) is 4.18. The van der Waals surface area contributed by atoms with E-state index in [0.717, 1.165) is 17.6 Å². The maximum absolute atomic E-state index is 10.6. The van der Waals surface area contributed by atoms with E-state index < -0.39 is 0 Å². The predicted octanol–water partition coefficient (Wildman–Crippen LogP) is 2.47. The fourth-order valence-corrected chi connectivity index (χ4v) is 1.36. The number of pyridine rings is 1. The molecule has 1 aromatic carbocycles. The van der Waals surface area contributed by atoms with Crippen LogP contribution >= 0.6 is 0 Å². The van der Waals surface area contributed by atoms with Crippen molar-refractivity contribution in [2.75, 3.05) is 0 Å². The molecule has 16 heavy (non-hydrogen) atoms. The highest BCUT2D eigenvalue weighted by Gasteiger charge is 1.96. The Labute approximate surface area is 93.7 Å². The lowest BCUT2D eigenvalue weighted by molar-refractivity contribution is 0.112. The molecule has 0 atom stereocenters. The first kappa shape index (κ1) is 10.4. The number of rotatable bonds is 4. The van der Waals surface area contributed by atoms with Gasteiger partial charge in [-0.25, -0.2) is 0 Å². The molecular weight excluding hydrogens is 202 g/mol. The van der Waals surface area contributed by atoms with E-state index in [4.69, 9.17) is 4.74 Å². The zero-order valence-electron chi connectivity index (χ0n) is 8.67. The zero-order chi connectivity index (χ0) is 11.2. The van der Waals surface area contributed by atoms with Gasteiger partial charge in [0.05, 0.1) is 0 Å². The Balaban J connectivity index is 2.02. The Morgan fingerprint density at radius 1 is 1.19 bits per heavy atom.